The average molecular weight is 303 g/mol. The maximum atomic E-state index is 12.4. The van der Waals surface area contributed by atoms with Crippen molar-refractivity contribution in [2.75, 3.05) is 32.5 Å². The van der Waals surface area contributed by atoms with E-state index in [1.807, 2.05) is 29.2 Å². The van der Waals surface area contributed by atoms with Crippen LogP contribution in [0.3, 0.4) is 0 Å². The molecule has 0 saturated carbocycles. The van der Waals surface area contributed by atoms with Crippen molar-refractivity contribution < 1.29 is 9.59 Å². The van der Waals surface area contributed by atoms with Gasteiger partial charge in [-0.3, -0.25) is 4.79 Å². The summed E-state index contributed by atoms with van der Waals surface area (Å²) in [6.07, 6.45) is 2.34. The highest BCUT2D eigenvalue weighted by molar-refractivity contribution is 5.93. The Hall–Kier alpha value is -2.04. The molecule has 1 saturated heterocycles. The average Bonchev–Trinajstić information content (AvgIpc) is 2.54. The van der Waals surface area contributed by atoms with Crippen LogP contribution in [0, 0.1) is 5.92 Å². The minimum Gasteiger partial charge on any atom is -0.331 e. The van der Waals surface area contributed by atoms with Gasteiger partial charge in [-0.2, -0.15) is 0 Å². The highest BCUT2D eigenvalue weighted by Gasteiger charge is 2.28. The largest absolute Gasteiger partial charge is 0.331 e. The van der Waals surface area contributed by atoms with E-state index in [1.54, 1.807) is 19.0 Å². The SMILES string of the molecule is CCc1ccccc1NC(=O)C1CCN(C(=O)N(C)C)CC1. The minimum atomic E-state index is -0.0175. The number of para-hydroxylation sites is 1. The van der Waals surface area contributed by atoms with Crippen LogP contribution in [0.2, 0.25) is 0 Å². The quantitative estimate of drug-likeness (QED) is 0.933. The molecular weight excluding hydrogens is 278 g/mol. The lowest BCUT2D eigenvalue weighted by atomic mass is 9.95. The first kappa shape index (κ1) is 16.3. The summed E-state index contributed by atoms with van der Waals surface area (Å²) < 4.78 is 0. The van der Waals surface area contributed by atoms with Gasteiger partial charge >= 0.3 is 6.03 Å². The zero-order valence-corrected chi connectivity index (χ0v) is 13.6. The lowest BCUT2D eigenvalue weighted by Crippen LogP contribution is -2.45. The first-order valence-electron chi connectivity index (χ1n) is 7.88. The molecule has 0 aliphatic carbocycles. The Kier molecular flexibility index (Phi) is 5.41. The molecule has 5 nitrogen and oxygen atoms in total. The lowest BCUT2D eigenvalue weighted by molar-refractivity contribution is -0.121. The predicted molar refractivity (Wildman–Crippen MR) is 87.8 cm³/mol. The fourth-order valence-electron chi connectivity index (χ4n) is 2.80. The van der Waals surface area contributed by atoms with Gasteiger partial charge in [-0.05, 0) is 30.9 Å². The van der Waals surface area contributed by atoms with Gasteiger partial charge in [0, 0.05) is 38.8 Å². The van der Waals surface area contributed by atoms with Crippen molar-refractivity contribution in [3.05, 3.63) is 29.8 Å². The van der Waals surface area contributed by atoms with E-state index >= 15 is 0 Å². The van der Waals surface area contributed by atoms with Crippen molar-refractivity contribution in [2.24, 2.45) is 5.92 Å². The van der Waals surface area contributed by atoms with Crippen LogP contribution in [-0.2, 0) is 11.2 Å². The molecule has 120 valence electrons. The molecule has 0 aromatic heterocycles. The summed E-state index contributed by atoms with van der Waals surface area (Å²) in [6.45, 7) is 3.37. The monoisotopic (exact) mass is 303 g/mol. The number of hydrogen-bond acceptors (Lipinski definition) is 2. The van der Waals surface area contributed by atoms with E-state index in [1.165, 1.54) is 0 Å². The lowest BCUT2D eigenvalue weighted by Gasteiger charge is -2.33. The highest BCUT2D eigenvalue weighted by Crippen LogP contribution is 2.22. The summed E-state index contributed by atoms with van der Waals surface area (Å²) in [4.78, 5) is 27.7. The van der Waals surface area contributed by atoms with Crippen LogP contribution in [0.25, 0.3) is 0 Å². The molecule has 22 heavy (non-hydrogen) atoms. The maximum absolute atomic E-state index is 12.4. The Bertz CT molecular complexity index is 534. The zero-order chi connectivity index (χ0) is 16.1. The van der Waals surface area contributed by atoms with E-state index in [9.17, 15) is 9.59 Å². The fourth-order valence-corrected chi connectivity index (χ4v) is 2.80. The van der Waals surface area contributed by atoms with E-state index in [4.69, 9.17) is 0 Å². The molecule has 0 radical (unpaired) electrons. The molecule has 2 rings (SSSR count). The number of anilines is 1. The topological polar surface area (TPSA) is 52.7 Å². The zero-order valence-electron chi connectivity index (χ0n) is 13.6. The molecule has 1 aliphatic rings. The second-order valence-electron chi connectivity index (χ2n) is 5.94. The Labute approximate surface area is 132 Å². The van der Waals surface area contributed by atoms with Crippen LogP contribution in [-0.4, -0.2) is 48.9 Å². The number of aryl methyl sites for hydroxylation is 1. The van der Waals surface area contributed by atoms with Gasteiger partial charge in [0.15, 0.2) is 0 Å². The van der Waals surface area contributed by atoms with Gasteiger partial charge in [-0.15, -0.1) is 0 Å². The third kappa shape index (κ3) is 3.78. The molecule has 5 heteroatoms. The Morgan fingerprint density at radius 3 is 2.45 bits per heavy atom. The Morgan fingerprint density at radius 2 is 1.86 bits per heavy atom. The van der Waals surface area contributed by atoms with Crippen molar-refractivity contribution in [3.63, 3.8) is 0 Å². The van der Waals surface area contributed by atoms with Crippen LogP contribution in [0.15, 0.2) is 24.3 Å². The summed E-state index contributed by atoms with van der Waals surface area (Å²) >= 11 is 0. The number of amides is 3. The molecular formula is C17H25N3O2. The number of nitrogens with zero attached hydrogens (tertiary/aromatic N) is 2. The number of nitrogens with one attached hydrogen (secondary N) is 1. The first-order chi connectivity index (χ1) is 10.5. The van der Waals surface area contributed by atoms with Crippen molar-refractivity contribution in [2.45, 2.75) is 26.2 Å². The molecule has 0 atom stereocenters. The fraction of sp³-hybridized carbons (Fsp3) is 0.529. The van der Waals surface area contributed by atoms with E-state index < -0.39 is 0 Å². The van der Waals surface area contributed by atoms with Crippen molar-refractivity contribution in [3.8, 4) is 0 Å². The second kappa shape index (κ2) is 7.29. The molecule has 1 aromatic carbocycles. The predicted octanol–water partition coefficient (Wildman–Crippen LogP) is 2.58. The van der Waals surface area contributed by atoms with Crippen LogP contribution >= 0.6 is 0 Å². The number of likely N-dealkylation sites (tertiary alicyclic amines) is 1. The number of benzene rings is 1. The Balaban J connectivity index is 1.91. The van der Waals surface area contributed by atoms with Gasteiger partial charge in [0.1, 0.15) is 0 Å². The van der Waals surface area contributed by atoms with Crippen LogP contribution in [0.1, 0.15) is 25.3 Å². The second-order valence-corrected chi connectivity index (χ2v) is 5.94. The van der Waals surface area contributed by atoms with Crippen molar-refractivity contribution in [1.82, 2.24) is 9.80 Å². The molecule has 0 bridgehead atoms. The van der Waals surface area contributed by atoms with Crippen molar-refractivity contribution in [1.29, 1.82) is 0 Å². The number of hydrogen-bond donors (Lipinski definition) is 1. The summed E-state index contributed by atoms with van der Waals surface area (Å²) in [5.74, 6) is 0.0500. The number of rotatable bonds is 3. The molecule has 1 aliphatic heterocycles. The van der Waals surface area contributed by atoms with E-state index in [2.05, 4.69) is 12.2 Å². The first-order valence-corrected chi connectivity index (χ1v) is 7.88. The van der Waals surface area contributed by atoms with Gasteiger partial charge in [-0.25, -0.2) is 4.79 Å². The van der Waals surface area contributed by atoms with Crippen molar-refractivity contribution >= 4 is 17.6 Å². The highest BCUT2D eigenvalue weighted by atomic mass is 16.2. The van der Waals surface area contributed by atoms with Crippen LogP contribution in [0.5, 0.6) is 0 Å². The molecule has 1 heterocycles. The Morgan fingerprint density at radius 1 is 1.23 bits per heavy atom. The number of urea groups is 1. The molecule has 0 unspecified atom stereocenters. The van der Waals surface area contributed by atoms with Crippen LogP contribution < -0.4 is 5.32 Å². The van der Waals surface area contributed by atoms with E-state index in [-0.39, 0.29) is 17.9 Å². The van der Waals surface area contributed by atoms with Crippen LogP contribution in [0.4, 0.5) is 10.5 Å². The normalized spacial score (nSPS) is 15.5. The molecule has 1 N–H and O–H groups in total. The molecule has 3 amide bonds. The summed E-state index contributed by atoms with van der Waals surface area (Å²) in [5.41, 5.74) is 2.05. The van der Waals surface area contributed by atoms with Gasteiger partial charge < -0.3 is 15.1 Å². The van der Waals surface area contributed by atoms with Gasteiger partial charge in [0.2, 0.25) is 5.91 Å². The van der Waals surface area contributed by atoms with Gasteiger partial charge in [-0.1, -0.05) is 25.1 Å². The maximum Gasteiger partial charge on any atom is 0.319 e. The third-order valence-corrected chi connectivity index (χ3v) is 4.17. The van der Waals surface area contributed by atoms with E-state index in [0.29, 0.717) is 13.1 Å². The number of carbonyl (C=O) groups excluding carboxylic acids is 2. The molecule has 1 aromatic rings. The summed E-state index contributed by atoms with van der Waals surface area (Å²) in [5, 5.41) is 3.05. The summed E-state index contributed by atoms with van der Waals surface area (Å²) in [7, 11) is 3.51. The third-order valence-electron chi connectivity index (χ3n) is 4.17. The smallest absolute Gasteiger partial charge is 0.319 e. The molecule has 1 fully saturated rings. The van der Waals surface area contributed by atoms with E-state index in [0.717, 1.165) is 30.5 Å². The summed E-state index contributed by atoms with van der Waals surface area (Å²) in [6, 6.07) is 7.93. The minimum absolute atomic E-state index is 0.0175. The standard InChI is InChI=1S/C17H25N3O2/c1-4-13-7-5-6-8-15(13)18-16(21)14-9-11-20(12-10-14)17(22)19(2)3/h5-8,14H,4,9-12H2,1-3H3,(H,18,21). The van der Waals surface area contributed by atoms with Gasteiger partial charge in [0.05, 0.1) is 0 Å². The molecule has 0 spiro atoms. The number of carbonyl (C=O) groups is 2. The van der Waals surface area contributed by atoms with Gasteiger partial charge in [0.25, 0.3) is 0 Å². The number of piperidine rings is 1.